The molecule has 0 bridgehead atoms. The number of anilines is 1. The second-order valence-corrected chi connectivity index (χ2v) is 5.32. The maximum Gasteiger partial charge on any atom is 0.238 e. The van der Waals surface area contributed by atoms with E-state index >= 15 is 0 Å². The summed E-state index contributed by atoms with van der Waals surface area (Å²) in [5, 5.41) is 2.95. The van der Waals surface area contributed by atoms with Crippen LogP contribution in [0.2, 0.25) is 0 Å². The van der Waals surface area contributed by atoms with E-state index in [1.807, 2.05) is 36.4 Å². The first-order chi connectivity index (χ1) is 10.3. The van der Waals surface area contributed by atoms with Crippen molar-refractivity contribution in [2.75, 3.05) is 11.9 Å². The molecule has 2 aromatic rings. The Morgan fingerprint density at radius 2 is 1.67 bits per heavy atom. The lowest BCUT2D eigenvalue weighted by Gasteiger charge is -2.15. The van der Waals surface area contributed by atoms with Crippen LogP contribution in [0.4, 0.5) is 5.69 Å². The Balaban J connectivity index is 1.61. The van der Waals surface area contributed by atoms with Crippen LogP contribution in [0.3, 0.4) is 0 Å². The molecule has 1 amide bonds. The molecule has 0 atom stereocenters. The number of hydrogen-bond acceptors (Lipinski definition) is 3. The van der Waals surface area contributed by atoms with E-state index in [9.17, 15) is 4.79 Å². The highest BCUT2D eigenvalue weighted by Gasteiger charge is 2.20. The second-order valence-electron chi connectivity index (χ2n) is 5.32. The van der Waals surface area contributed by atoms with E-state index in [2.05, 4.69) is 22.3 Å². The number of hydrogen-bond donors (Lipinski definition) is 2. The number of rotatable bonds is 4. The fourth-order valence-electron chi connectivity index (χ4n) is 2.73. The van der Waals surface area contributed by atoms with Gasteiger partial charge in [0.2, 0.25) is 5.91 Å². The highest BCUT2D eigenvalue weighted by Crippen LogP contribution is 2.22. The minimum Gasteiger partial charge on any atom is -0.326 e. The quantitative estimate of drug-likeness (QED) is 0.902. The molecule has 1 aliphatic rings. The summed E-state index contributed by atoms with van der Waals surface area (Å²) < 4.78 is 0. The topological polar surface area (TPSA) is 58.4 Å². The van der Waals surface area contributed by atoms with Crippen molar-refractivity contribution in [3.63, 3.8) is 0 Å². The van der Waals surface area contributed by atoms with E-state index in [4.69, 9.17) is 5.73 Å². The summed E-state index contributed by atoms with van der Waals surface area (Å²) in [4.78, 5) is 14.3. The van der Waals surface area contributed by atoms with Crippen molar-refractivity contribution >= 4 is 11.6 Å². The van der Waals surface area contributed by atoms with Gasteiger partial charge in [0.1, 0.15) is 0 Å². The summed E-state index contributed by atoms with van der Waals surface area (Å²) in [5.74, 6) is 0.00343. The lowest BCUT2D eigenvalue weighted by molar-refractivity contribution is -0.117. The Hall–Kier alpha value is -2.17. The molecule has 1 heterocycles. The smallest absolute Gasteiger partial charge is 0.238 e. The van der Waals surface area contributed by atoms with Crippen molar-refractivity contribution in [3.8, 4) is 0 Å². The summed E-state index contributed by atoms with van der Waals surface area (Å²) in [6, 6.07) is 16.0. The average molecular weight is 281 g/mol. The molecule has 0 aromatic heterocycles. The first-order valence-corrected chi connectivity index (χ1v) is 7.13. The Morgan fingerprint density at radius 1 is 1.05 bits per heavy atom. The van der Waals surface area contributed by atoms with Crippen LogP contribution < -0.4 is 11.1 Å². The van der Waals surface area contributed by atoms with Crippen LogP contribution in [0.25, 0.3) is 0 Å². The zero-order chi connectivity index (χ0) is 14.7. The lowest BCUT2D eigenvalue weighted by atomic mass is 10.1. The molecule has 0 spiro atoms. The number of para-hydroxylation sites is 1. The van der Waals surface area contributed by atoms with E-state index in [0.717, 1.165) is 24.3 Å². The molecular weight excluding hydrogens is 262 g/mol. The number of carbonyl (C=O) groups is 1. The largest absolute Gasteiger partial charge is 0.326 e. The van der Waals surface area contributed by atoms with Crippen molar-refractivity contribution in [2.45, 2.75) is 19.6 Å². The maximum absolute atomic E-state index is 12.2. The van der Waals surface area contributed by atoms with Crippen molar-refractivity contribution < 1.29 is 4.79 Å². The Kier molecular flexibility index (Phi) is 3.99. The molecule has 4 nitrogen and oxygen atoms in total. The summed E-state index contributed by atoms with van der Waals surface area (Å²) in [6.45, 7) is 2.49. The first-order valence-electron chi connectivity index (χ1n) is 7.13. The molecule has 0 unspecified atom stereocenters. The van der Waals surface area contributed by atoms with E-state index in [1.54, 1.807) is 0 Å². The predicted molar refractivity (Wildman–Crippen MR) is 83.5 cm³/mol. The van der Waals surface area contributed by atoms with Gasteiger partial charge in [-0.1, -0.05) is 42.5 Å². The Morgan fingerprint density at radius 3 is 2.33 bits per heavy atom. The number of nitrogens with one attached hydrogen (secondary N) is 1. The van der Waals surface area contributed by atoms with E-state index in [0.29, 0.717) is 13.1 Å². The molecule has 3 N–H and O–H groups in total. The normalized spacial score (nSPS) is 14.0. The highest BCUT2D eigenvalue weighted by molar-refractivity contribution is 5.93. The van der Waals surface area contributed by atoms with Crippen LogP contribution in [0, 0.1) is 0 Å². The standard InChI is InChI=1S/C17H19N3O/c18-9-13-5-3-4-8-16(13)19-17(21)12-20-10-14-6-1-2-7-15(14)11-20/h1-8H,9-12,18H2,(H,19,21). The fraction of sp³-hybridized carbons (Fsp3) is 0.235. The van der Waals surface area contributed by atoms with Gasteiger partial charge in [0.15, 0.2) is 0 Å². The second kappa shape index (κ2) is 6.08. The molecule has 0 radical (unpaired) electrons. The van der Waals surface area contributed by atoms with E-state index in [-0.39, 0.29) is 5.91 Å². The van der Waals surface area contributed by atoms with E-state index in [1.165, 1.54) is 11.1 Å². The van der Waals surface area contributed by atoms with Gasteiger partial charge in [-0.25, -0.2) is 0 Å². The average Bonchev–Trinajstić information content (AvgIpc) is 2.89. The summed E-state index contributed by atoms with van der Waals surface area (Å²) >= 11 is 0. The maximum atomic E-state index is 12.2. The monoisotopic (exact) mass is 281 g/mol. The van der Waals surface area contributed by atoms with Gasteiger partial charge >= 0.3 is 0 Å². The molecule has 21 heavy (non-hydrogen) atoms. The van der Waals surface area contributed by atoms with Crippen LogP contribution in [0.15, 0.2) is 48.5 Å². The molecule has 2 aromatic carbocycles. The first kappa shape index (κ1) is 13.8. The third-order valence-electron chi connectivity index (χ3n) is 3.78. The molecular formula is C17H19N3O. The SMILES string of the molecule is NCc1ccccc1NC(=O)CN1Cc2ccccc2C1. The van der Waals surface area contributed by atoms with E-state index < -0.39 is 0 Å². The fourth-order valence-corrected chi connectivity index (χ4v) is 2.73. The molecule has 4 heteroatoms. The van der Waals surface area contributed by atoms with Crippen molar-refractivity contribution in [1.29, 1.82) is 0 Å². The van der Waals surface area contributed by atoms with Gasteiger partial charge in [-0.15, -0.1) is 0 Å². The van der Waals surface area contributed by atoms with Gasteiger partial charge in [-0.05, 0) is 22.8 Å². The van der Waals surface area contributed by atoms with Gasteiger partial charge in [0.05, 0.1) is 6.54 Å². The molecule has 0 saturated heterocycles. The van der Waals surface area contributed by atoms with Crippen LogP contribution in [0.5, 0.6) is 0 Å². The Labute approximate surface area is 124 Å². The molecule has 0 saturated carbocycles. The van der Waals surface area contributed by atoms with Crippen LogP contribution in [0.1, 0.15) is 16.7 Å². The number of nitrogens with zero attached hydrogens (tertiary/aromatic N) is 1. The molecule has 1 aliphatic heterocycles. The van der Waals surface area contributed by atoms with Gasteiger partial charge < -0.3 is 11.1 Å². The van der Waals surface area contributed by atoms with Gasteiger partial charge in [-0.3, -0.25) is 9.69 Å². The number of nitrogens with two attached hydrogens (primary N) is 1. The molecule has 0 fully saturated rings. The third-order valence-corrected chi connectivity index (χ3v) is 3.78. The summed E-state index contributed by atoms with van der Waals surface area (Å²) in [6.07, 6.45) is 0. The van der Waals surface area contributed by atoms with Crippen molar-refractivity contribution in [3.05, 3.63) is 65.2 Å². The molecule has 108 valence electrons. The lowest BCUT2D eigenvalue weighted by Crippen LogP contribution is -2.29. The van der Waals surface area contributed by atoms with Gasteiger partial charge in [0, 0.05) is 25.3 Å². The minimum absolute atomic E-state index is 0.00343. The zero-order valence-corrected chi connectivity index (χ0v) is 11.9. The number of carbonyl (C=O) groups excluding carboxylic acids is 1. The van der Waals surface area contributed by atoms with Crippen molar-refractivity contribution in [1.82, 2.24) is 4.90 Å². The third kappa shape index (κ3) is 3.12. The van der Waals surface area contributed by atoms with Crippen LogP contribution in [-0.4, -0.2) is 17.4 Å². The zero-order valence-electron chi connectivity index (χ0n) is 11.9. The van der Waals surface area contributed by atoms with Crippen molar-refractivity contribution in [2.24, 2.45) is 5.73 Å². The summed E-state index contributed by atoms with van der Waals surface area (Å²) in [7, 11) is 0. The van der Waals surface area contributed by atoms with Gasteiger partial charge in [-0.2, -0.15) is 0 Å². The molecule has 0 aliphatic carbocycles. The Bertz CT molecular complexity index is 629. The van der Waals surface area contributed by atoms with Gasteiger partial charge in [0.25, 0.3) is 0 Å². The highest BCUT2D eigenvalue weighted by atomic mass is 16.2. The number of fused-ring (bicyclic) bond motifs is 1. The predicted octanol–water partition coefficient (Wildman–Crippen LogP) is 2.10. The minimum atomic E-state index is 0.00343. The molecule has 3 rings (SSSR count). The van der Waals surface area contributed by atoms with Crippen LogP contribution >= 0.6 is 0 Å². The number of benzene rings is 2. The summed E-state index contributed by atoms with van der Waals surface area (Å²) in [5.41, 5.74) is 10.1. The van der Waals surface area contributed by atoms with Crippen LogP contribution in [-0.2, 0) is 24.4 Å². The number of amides is 1.